The summed E-state index contributed by atoms with van der Waals surface area (Å²) in [4.78, 5) is 0. The van der Waals surface area contributed by atoms with Gasteiger partial charge in [-0.25, -0.2) is 0 Å². The largest absolute Gasteiger partial charge is 0.380 e. The molecule has 0 spiro atoms. The van der Waals surface area contributed by atoms with Crippen LogP contribution in [0.1, 0.15) is 80.1 Å². The molecule has 0 aromatic carbocycles. The first-order chi connectivity index (χ1) is 10.2. The van der Waals surface area contributed by atoms with Crippen molar-refractivity contribution < 1.29 is 0 Å². The summed E-state index contributed by atoms with van der Waals surface area (Å²) < 4.78 is 0. The molecule has 2 heteroatoms. The van der Waals surface area contributed by atoms with Gasteiger partial charge in [-0.2, -0.15) is 0 Å². The third-order valence-electron chi connectivity index (χ3n) is 3.05. The number of nitrogens with one attached hydrogen (secondary N) is 1. The molecule has 126 valence electrons. The Bertz CT molecular complexity index is 307. The maximum Gasteiger partial charge on any atom is 0.0767 e. The van der Waals surface area contributed by atoms with Gasteiger partial charge in [0, 0.05) is 23.9 Å². The molecule has 0 amide bonds. The molecule has 2 rings (SSSR count). The molecule has 0 saturated carbocycles. The second-order valence-electron chi connectivity index (χ2n) is 5.14. The Kier molecular flexibility index (Phi) is 27.5. The zero-order valence-corrected chi connectivity index (χ0v) is 18.6. The van der Waals surface area contributed by atoms with Gasteiger partial charge < -0.3 is 5.32 Å². The van der Waals surface area contributed by atoms with Gasteiger partial charge in [0.05, 0.1) is 6.04 Å². The summed E-state index contributed by atoms with van der Waals surface area (Å²) in [5.74, 6) is 0. The summed E-state index contributed by atoms with van der Waals surface area (Å²) in [6.07, 6.45) is 18.0. The molecule has 0 saturated heterocycles. The van der Waals surface area contributed by atoms with Gasteiger partial charge in [0.2, 0.25) is 0 Å². The fourth-order valence-electron chi connectivity index (χ4n) is 1.05. The molecule has 1 heterocycles. The molecule has 22 heavy (non-hydrogen) atoms. The molecule has 4 radical (unpaired) electrons. The second kappa shape index (κ2) is 22.9. The number of allylic oxidation sites excluding steroid dienone is 1. The van der Waals surface area contributed by atoms with Crippen molar-refractivity contribution in [3.05, 3.63) is 41.8 Å². The van der Waals surface area contributed by atoms with E-state index in [1.165, 1.54) is 44.1 Å². The fourth-order valence-corrected chi connectivity index (χ4v) is 1.05. The minimum absolute atomic E-state index is 0. The van der Waals surface area contributed by atoms with Crippen LogP contribution in [0.3, 0.4) is 0 Å². The van der Waals surface area contributed by atoms with Gasteiger partial charge in [-0.1, -0.05) is 80.1 Å². The van der Waals surface area contributed by atoms with Crippen molar-refractivity contribution in [1.29, 1.82) is 0 Å². The van der Waals surface area contributed by atoms with Crippen LogP contribution in [0, 0.1) is 0 Å². The summed E-state index contributed by atoms with van der Waals surface area (Å²) >= 11 is 0. The molecule has 2 aliphatic rings. The standard InChI is InChI=1S/C8H7N.3C4H10.Sn/c1-2-4-8-7(3-1)5-6-9-8;3*1-3-4-2;/h1,3-6,8-9H;3*3-4H2,1-2H3;. The summed E-state index contributed by atoms with van der Waals surface area (Å²) in [7, 11) is 0. The van der Waals surface area contributed by atoms with Crippen LogP contribution in [-0.4, -0.2) is 29.9 Å². The topological polar surface area (TPSA) is 12.0 Å². The molecule has 1 nitrogen and oxygen atoms in total. The average Bonchev–Trinajstić information content (AvgIpc) is 3.04. The predicted octanol–water partition coefficient (Wildman–Crippen LogP) is 6.16. The molecule has 0 fully saturated rings. The van der Waals surface area contributed by atoms with Crippen LogP contribution in [0.5, 0.6) is 0 Å². The van der Waals surface area contributed by atoms with Crippen LogP contribution >= 0.6 is 0 Å². The SMILES string of the molecule is C1=CC=C2C=CNC2C=1.CCCC.CCCC.CCCC.[Sn]. The Morgan fingerprint density at radius 3 is 1.68 bits per heavy atom. The van der Waals surface area contributed by atoms with Crippen molar-refractivity contribution in [3.8, 4) is 0 Å². The molecule has 1 N–H and O–H groups in total. The van der Waals surface area contributed by atoms with Gasteiger partial charge in [-0.05, 0) is 36.1 Å². The molecule has 0 aromatic heterocycles. The Labute approximate surface area is 157 Å². The Hall–Kier alpha value is -0.401. The third kappa shape index (κ3) is 17.6. The minimum Gasteiger partial charge on any atom is -0.380 e. The van der Waals surface area contributed by atoms with Crippen molar-refractivity contribution in [3.63, 3.8) is 0 Å². The Morgan fingerprint density at radius 2 is 1.32 bits per heavy atom. The number of unbranched alkanes of at least 4 members (excludes halogenated alkanes) is 3. The van der Waals surface area contributed by atoms with Crippen LogP contribution in [-0.2, 0) is 0 Å². The third-order valence-corrected chi connectivity index (χ3v) is 3.05. The van der Waals surface area contributed by atoms with E-state index in [0.29, 0.717) is 6.04 Å². The van der Waals surface area contributed by atoms with Gasteiger partial charge in [0.25, 0.3) is 0 Å². The van der Waals surface area contributed by atoms with Gasteiger partial charge >= 0.3 is 0 Å². The van der Waals surface area contributed by atoms with Gasteiger partial charge in [0.1, 0.15) is 0 Å². The number of hydrogen-bond acceptors (Lipinski definition) is 1. The quantitative estimate of drug-likeness (QED) is 0.434. The molecular formula is C20H37NSn. The van der Waals surface area contributed by atoms with Crippen LogP contribution in [0.2, 0.25) is 0 Å². The van der Waals surface area contributed by atoms with Crippen molar-refractivity contribution in [2.45, 2.75) is 86.1 Å². The number of hydrogen-bond donors (Lipinski definition) is 1. The Balaban J connectivity index is -0.000000241. The van der Waals surface area contributed by atoms with Crippen LogP contribution in [0.25, 0.3) is 0 Å². The normalized spacial score (nSPS) is 15.4. The van der Waals surface area contributed by atoms with Crippen LogP contribution in [0.15, 0.2) is 41.8 Å². The first-order valence-corrected chi connectivity index (χ1v) is 8.76. The molecule has 0 bridgehead atoms. The maximum absolute atomic E-state index is 3.17. The van der Waals surface area contributed by atoms with E-state index in [4.69, 9.17) is 0 Å². The van der Waals surface area contributed by atoms with Gasteiger partial charge in [0.15, 0.2) is 0 Å². The van der Waals surface area contributed by atoms with E-state index in [1.807, 2.05) is 18.4 Å². The zero-order chi connectivity index (χ0) is 16.3. The molecule has 0 aromatic rings. The van der Waals surface area contributed by atoms with Gasteiger partial charge in [-0.15, -0.1) is 5.73 Å². The van der Waals surface area contributed by atoms with Crippen molar-refractivity contribution in [2.75, 3.05) is 0 Å². The number of rotatable bonds is 3. The predicted molar refractivity (Wildman–Crippen MR) is 104 cm³/mol. The zero-order valence-electron chi connectivity index (χ0n) is 15.7. The second-order valence-corrected chi connectivity index (χ2v) is 5.14. The molecule has 1 aliphatic heterocycles. The van der Waals surface area contributed by atoms with Crippen LogP contribution < -0.4 is 5.32 Å². The average molecular weight is 410 g/mol. The summed E-state index contributed by atoms with van der Waals surface area (Å²) in [5, 5.41) is 3.17. The fraction of sp³-hybridized carbons (Fsp3) is 0.650. The van der Waals surface area contributed by atoms with E-state index in [1.54, 1.807) is 0 Å². The summed E-state index contributed by atoms with van der Waals surface area (Å²) in [6, 6.07) is 0.398. The Morgan fingerprint density at radius 1 is 0.864 bits per heavy atom. The van der Waals surface area contributed by atoms with Crippen molar-refractivity contribution in [1.82, 2.24) is 5.32 Å². The monoisotopic (exact) mass is 411 g/mol. The summed E-state index contributed by atoms with van der Waals surface area (Å²) in [5.41, 5.74) is 4.35. The summed E-state index contributed by atoms with van der Waals surface area (Å²) in [6.45, 7) is 13.1. The smallest absolute Gasteiger partial charge is 0.0767 e. The van der Waals surface area contributed by atoms with E-state index >= 15 is 0 Å². The van der Waals surface area contributed by atoms with Crippen molar-refractivity contribution >= 4 is 23.9 Å². The van der Waals surface area contributed by atoms with Crippen LogP contribution in [0.4, 0.5) is 0 Å². The molecule has 1 atom stereocenters. The van der Waals surface area contributed by atoms with E-state index in [0.717, 1.165) is 0 Å². The van der Waals surface area contributed by atoms with Gasteiger partial charge in [-0.3, -0.25) is 0 Å². The van der Waals surface area contributed by atoms with E-state index in [9.17, 15) is 0 Å². The molecular weight excluding hydrogens is 373 g/mol. The minimum atomic E-state index is 0. The maximum atomic E-state index is 3.17. The van der Waals surface area contributed by atoms with E-state index in [-0.39, 0.29) is 23.9 Å². The number of fused-ring (bicyclic) bond motifs is 1. The molecule has 1 unspecified atom stereocenters. The van der Waals surface area contributed by atoms with E-state index in [2.05, 4.69) is 64.7 Å². The van der Waals surface area contributed by atoms with E-state index < -0.39 is 0 Å². The first-order valence-electron chi connectivity index (χ1n) is 8.76. The molecule has 1 aliphatic carbocycles. The van der Waals surface area contributed by atoms with Crippen molar-refractivity contribution in [2.24, 2.45) is 0 Å². The first kappa shape index (κ1) is 26.5.